The molecule has 0 unspecified atom stereocenters. The molecule has 3 aromatic rings. The maximum absolute atomic E-state index is 13.5. The third-order valence-corrected chi connectivity index (χ3v) is 6.69. The first kappa shape index (κ1) is 21.4. The number of halogens is 1. The van der Waals surface area contributed by atoms with Crippen molar-refractivity contribution in [3.8, 4) is 0 Å². The number of amides is 1. The molecule has 0 aliphatic carbocycles. The predicted molar refractivity (Wildman–Crippen MR) is 123 cm³/mol. The Morgan fingerprint density at radius 3 is 2.87 bits per heavy atom. The molecule has 1 amide bonds. The van der Waals surface area contributed by atoms with Gasteiger partial charge in [-0.3, -0.25) is 19.3 Å². The fourth-order valence-electron chi connectivity index (χ4n) is 3.60. The Hall–Kier alpha value is -1.81. The van der Waals surface area contributed by atoms with Crippen molar-refractivity contribution in [3.63, 3.8) is 0 Å². The Balaban J connectivity index is 1.59. The summed E-state index contributed by atoms with van der Waals surface area (Å²) in [6, 6.07) is 7.91. The van der Waals surface area contributed by atoms with Gasteiger partial charge in [0, 0.05) is 42.9 Å². The average Bonchev–Trinajstić information content (AvgIpc) is 3.38. The highest BCUT2D eigenvalue weighted by Crippen LogP contribution is 2.32. The fourth-order valence-corrected chi connectivity index (χ4v) is 5.14. The minimum Gasteiger partial charge on any atom is -0.379 e. The van der Waals surface area contributed by atoms with Crippen molar-refractivity contribution in [2.24, 2.45) is 0 Å². The predicted octanol–water partition coefficient (Wildman–Crippen LogP) is 4.21. The van der Waals surface area contributed by atoms with Gasteiger partial charge in [0.1, 0.15) is 5.69 Å². The van der Waals surface area contributed by atoms with Crippen LogP contribution in [0.5, 0.6) is 0 Å². The minimum absolute atomic E-state index is 0.0544. The van der Waals surface area contributed by atoms with Gasteiger partial charge in [-0.05, 0) is 44.5 Å². The van der Waals surface area contributed by atoms with Crippen molar-refractivity contribution < 1.29 is 9.53 Å². The Morgan fingerprint density at radius 1 is 1.30 bits per heavy atom. The lowest BCUT2D eigenvalue weighted by molar-refractivity contribution is 0.0376. The molecule has 1 fully saturated rings. The molecule has 1 aromatic carbocycles. The number of aromatic nitrogens is 3. The van der Waals surface area contributed by atoms with Gasteiger partial charge in [0.05, 0.1) is 23.4 Å². The van der Waals surface area contributed by atoms with E-state index in [4.69, 9.17) is 9.72 Å². The number of fused-ring (bicyclic) bond motifs is 1. The second kappa shape index (κ2) is 9.55. The summed E-state index contributed by atoms with van der Waals surface area (Å²) >= 11 is 5.07. The number of carbonyl (C=O) groups excluding carboxylic acids is 1. The first-order valence-electron chi connectivity index (χ1n) is 10.2. The SMILES string of the molecule is CC(C)n1nccc1C(=O)N(CCCN1CCOCC1)c1nc2ccc(Br)cc2s1. The van der Waals surface area contributed by atoms with Gasteiger partial charge in [0.2, 0.25) is 0 Å². The van der Waals surface area contributed by atoms with Gasteiger partial charge in [-0.15, -0.1) is 0 Å². The van der Waals surface area contributed by atoms with Gasteiger partial charge >= 0.3 is 0 Å². The van der Waals surface area contributed by atoms with E-state index < -0.39 is 0 Å². The smallest absolute Gasteiger partial charge is 0.278 e. The quantitative estimate of drug-likeness (QED) is 0.495. The third-order valence-electron chi connectivity index (χ3n) is 5.15. The summed E-state index contributed by atoms with van der Waals surface area (Å²) in [5.74, 6) is -0.0544. The Morgan fingerprint density at radius 2 is 2.10 bits per heavy atom. The highest BCUT2D eigenvalue weighted by atomic mass is 79.9. The maximum atomic E-state index is 13.5. The normalized spacial score (nSPS) is 15.2. The number of rotatable bonds is 7. The van der Waals surface area contributed by atoms with Crippen LogP contribution in [0.25, 0.3) is 10.2 Å². The molecule has 0 radical (unpaired) electrons. The van der Waals surface area contributed by atoms with Crippen molar-refractivity contribution in [1.29, 1.82) is 0 Å². The molecule has 1 aliphatic heterocycles. The van der Waals surface area contributed by atoms with Gasteiger partial charge in [0.25, 0.3) is 5.91 Å². The number of thiazole rings is 1. The first-order chi connectivity index (χ1) is 14.5. The number of hydrogen-bond acceptors (Lipinski definition) is 6. The van der Waals surface area contributed by atoms with Crippen LogP contribution in [0.2, 0.25) is 0 Å². The molecule has 3 heterocycles. The number of nitrogens with zero attached hydrogens (tertiary/aromatic N) is 5. The van der Waals surface area contributed by atoms with E-state index in [2.05, 4.69) is 25.9 Å². The standard InChI is InChI=1S/C21H26BrN5O2S/c1-15(2)27-18(6-7-23-27)20(28)26(9-3-8-25-10-12-29-13-11-25)21-24-17-5-4-16(22)14-19(17)30-21/h4-7,14-15H,3,8-13H2,1-2H3. The van der Waals surface area contributed by atoms with Crippen LogP contribution in [0.3, 0.4) is 0 Å². The molecular weight excluding hydrogens is 466 g/mol. The Bertz CT molecular complexity index is 1010. The van der Waals surface area contributed by atoms with Crippen LogP contribution in [-0.4, -0.2) is 65.0 Å². The molecule has 0 spiro atoms. The summed E-state index contributed by atoms with van der Waals surface area (Å²) in [7, 11) is 0. The summed E-state index contributed by atoms with van der Waals surface area (Å²) in [6.45, 7) is 9.06. The number of benzene rings is 1. The highest BCUT2D eigenvalue weighted by Gasteiger charge is 2.25. The summed E-state index contributed by atoms with van der Waals surface area (Å²) < 4.78 is 9.28. The largest absolute Gasteiger partial charge is 0.379 e. The second-order valence-corrected chi connectivity index (χ2v) is 9.55. The molecule has 0 N–H and O–H groups in total. The lowest BCUT2D eigenvalue weighted by Crippen LogP contribution is -2.39. The number of carbonyl (C=O) groups is 1. The molecule has 30 heavy (non-hydrogen) atoms. The van der Waals surface area contributed by atoms with Crippen molar-refractivity contribution in [1.82, 2.24) is 19.7 Å². The lowest BCUT2D eigenvalue weighted by atomic mass is 10.3. The molecule has 2 aromatic heterocycles. The Kier molecular flexibility index (Phi) is 6.82. The van der Waals surface area contributed by atoms with E-state index in [1.165, 1.54) is 0 Å². The van der Waals surface area contributed by atoms with Crippen molar-refractivity contribution >= 4 is 48.5 Å². The summed E-state index contributed by atoms with van der Waals surface area (Å²) in [4.78, 5) is 22.5. The molecule has 0 atom stereocenters. The molecule has 4 rings (SSSR count). The summed E-state index contributed by atoms with van der Waals surface area (Å²) in [5.41, 5.74) is 1.50. The molecule has 9 heteroatoms. The van der Waals surface area contributed by atoms with E-state index in [0.717, 1.165) is 59.1 Å². The van der Waals surface area contributed by atoms with Crippen LogP contribution in [0.4, 0.5) is 5.13 Å². The molecule has 0 bridgehead atoms. The molecule has 1 aliphatic rings. The van der Waals surface area contributed by atoms with Crippen molar-refractivity contribution in [3.05, 3.63) is 40.6 Å². The average molecular weight is 492 g/mol. The van der Waals surface area contributed by atoms with Crippen LogP contribution in [0, 0.1) is 0 Å². The van der Waals surface area contributed by atoms with Gasteiger partial charge < -0.3 is 4.74 Å². The summed E-state index contributed by atoms with van der Waals surface area (Å²) in [6.07, 6.45) is 2.57. The molecule has 7 nitrogen and oxygen atoms in total. The zero-order valence-corrected chi connectivity index (χ0v) is 19.7. The lowest BCUT2D eigenvalue weighted by Gasteiger charge is -2.28. The van der Waals surface area contributed by atoms with Crippen LogP contribution < -0.4 is 4.90 Å². The highest BCUT2D eigenvalue weighted by molar-refractivity contribution is 9.10. The van der Waals surface area contributed by atoms with Gasteiger partial charge in [0.15, 0.2) is 5.13 Å². The molecule has 160 valence electrons. The van der Waals surface area contributed by atoms with Crippen LogP contribution in [0.1, 0.15) is 36.8 Å². The molecule has 0 saturated carbocycles. The number of hydrogen-bond donors (Lipinski definition) is 0. The van der Waals surface area contributed by atoms with E-state index in [-0.39, 0.29) is 11.9 Å². The van der Waals surface area contributed by atoms with E-state index in [1.54, 1.807) is 28.3 Å². The Labute approximate surface area is 188 Å². The number of ether oxygens (including phenoxy) is 1. The van der Waals surface area contributed by atoms with Crippen LogP contribution >= 0.6 is 27.3 Å². The zero-order chi connectivity index (χ0) is 21.1. The minimum atomic E-state index is -0.0544. The van der Waals surface area contributed by atoms with E-state index >= 15 is 0 Å². The van der Waals surface area contributed by atoms with Crippen molar-refractivity contribution in [2.75, 3.05) is 44.3 Å². The second-order valence-electron chi connectivity index (χ2n) is 7.63. The zero-order valence-electron chi connectivity index (χ0n) is 17.3. The first-order valence-corrected chi connectivity index (χ1v) is 11.9. The van der Waals surface area contributed by atoms with Crippen LogP contribution in [-0.2, 0) is 4.74 Å². The molecular formula is C21H26BrN5O2S. The van der Waals surface area contributed by atoms with E-state index in [1.807, 2.05) is 36.9 Å². The van der Waals surface area contributed by atoms with E-state index in [0.29, 0.717) is 12.2 Å². The number of morpholine rings is 1. The van der Waals surface area contributed by atoms with Gasteiger partial charge in [-0.25, -0.2) is 4.98 Å². The maximum Gasteiger partial charge on any atom is 0.278 e. The third kappa shape index (κ3) is 4.74. The summed E-state index contributed by atoms with van der Waals surface area (Å²) in [5, 5.41) is 5.07. The monoisotopic (exact) mass is 491 g/mol. The fraction of sp³-hybridized carbons (Fsp3) is 0.476. The van der Waals surface area contributed by atoms with E-state index in [9.17, 15) is 4.79 Å². The van der Waals surface area contributed by atoms with Gasteiger partial charge in [-0.1, -0.05) is 27.3 Å². The van der Waals surface area contributed by atoms with Crippen molar-refractivity contribution in [2.45, 2.75) is 26.3 Å². The van der Waals surface area contributed by atoms with Gasteiger partial charge in [-0.2, -0.15) is 5.10 Å². The topological polar surface area (TPSA) is 63.5 Å². The number of anilines is 1. The molecule has 1 saturated heterocycles. The van der Waals surface area contributed by atoms with Crippen LogP contribution in [0.15, 0.2) is 34.9 Å².